The van der Waals surface area contributed by atoms with Gasteiger partial charge in [0.15, 0.2) is 5.60 Å². The van der Waals surface area contributed by atoms with E-state index in [1.54, 1.807) is 11.3 Å². The van der Waals surface area contributed by atoms with Crippen LogP contribution >= 0.6 is 11.3 Å². The number of nitrogens with zero attached hydrogens (tertiary/aromatic N) is 3. The number of thiophene rings is 1. The molecule has 3 heterocycles. The van der Waals surface area contributed by atoms with Crippen LogP contribution in [0.3, 0.4) is 0 Å². The second kappa shape index (κ2) is 6.49. The van der Waals surface area contributed by atoms with Crippen molar-refractivity contribution >= 4 is 23.3 Å². The number of hydrogen-bond acceptors (Lipinski definition) is 5. The summed E-state index contributed by atoms with van der Waals surface area (Å²) in [4.78, 5) is 20.6. The number of rotatable bonds is 3. The second-order valence-electron chi connectivity index (χ2n) is 6.21. The molecule has 7 heteroatoms. The average Bonchev–Trinajstić information content (AvgIpc) is 3.12. The topological polar surface area (TPSA) is 65.4 Å². The molecule has 0 aromatic carbocycles. The number of carbonyl (C=O) groups is 1. The van der Waals surface area contributed by atoms with E-state index in [9.17, 15) is 9.90 Å². The van der Waals surface area contributed by atoms with E-state index in [0.29, 0.717) is 45.0 Å². The van der Waals surface area contributed by atoms with Gasteiger partial charge in [-0.25, -0.2) is 4.99 Å². The van der Waals surface area contributed by atoms with Gasteiger partial charge in [0, 0.05) is 20.1 Å². The molecule has 2 atom stereocenters. The van der Waals surface area contributed by atoms with Crippen LogP contribution < -0.4 is 0 Å². The summed E-state index contributed by atoms with van der Waals surface area (Å²) in [5.74, 6) is 0.0850. The van der Waals surface area contributed by atoms with Crippen LogP contribution in [0.4, 0.5) is 0 Å². The number of piperidine rings is 1. The van der Waals surface area contributed by atoms with Gasteiger partial charge < -0.3 is 19.6 Å². The van der Waals surface area contributed by atoms with Crippen molar-refractivity contribution in [2.75, 3.05) is 33.2 Å². The van der Waals surface area contributed by atoms with Crippen LogP contribution in [0.1, 0.15) is 18.9 Å². The summed E-state index contributed by atoms with van der Waals surface area (Å²) in [7, 11) is 1.90. The number of hydrogen-bond donors (Lipinski definition) is 1. The van der Waals surface area contributed by atoms with E-state index in [4.69, 9.17) is 4.74 Å². The highest BCUT2D eigenvalue weighted by atomic mass is 32.1. The maximum atomic E-state index is 12.6. The van der Waals surface area contributed by atoms with Crippen molar-refractivity contribution in [3.05, 3.63) is 22.4 Å². The molecule has 1 N–H and O–H groups in total. The van der Waals surface area contributed by atoms with Crippen LogP contribution in [-0.2, 0) is 16.0 Å². The van der Waals surface area contributed by atoms with Crippen LogP contribution in [0.2, 0.25) is 0 Å². The smallest absolute Gasteiger partial charge is 0.287 e. The number of likely N-dealkylation sites (tertiary alicyclic amines) is 1. The van der Waals surface area contributed by atoms with Crippen LogP contribution in [-0.4, -0.2) is 71.8 Å². The Labute approximate surface area is 140 Å². The summed E-state index contributed by atoms with van der Waals surface area (Å²) in [5.41, 5.74) is 0.281. The predicted molar refractivity (Wildman–Crippen MR) is 89.6 cm³/mol. The largest absolute Gasteiger partial charge is 0.452 e. The lowest BCUT2D eigenvalue weighted by atomic mass is 9.89. The maximum absolute atomic E-state index is 12.6. The minimum atomic E-state index is -0.759. The lowest BCUT2D eigenvalue weighted by Gasteiger charge is -2.42. The fraction of sp³-hybridized carbons (Fsp3) is 0.625. The molecule has 2 fully saturated rings. The van der Waals surface area contributed by atoms with Gasteiger partial charge in [-0.2, -0.15) is 11.3 Å². The highest BCUT2D eigenvalue weighted by Gasteiger charge is 2.52. The molecule has 2 saturated heterocycles. The van der Waals surface area contributed by atoms with Crippen LogP contribution in [0, 0.1) is 0 Å². The Balaban J connectivity index is 1.72. The number of likely N-dealkylation sites (N-methyl/N-ethyl adjacent to an activating group) is 1. The Morgan fingerprint density at radius 3 is 3.09 bits per heavy atom. The number of amidine groups is 1. The molecular weight excluding hydrogens is 314 g/mol. The number of aliphatic hydroxyl groups excluding tert-OH is 1. The third kappa shape index (κ3) is 3.21. The van der Waals surface area contributed by atoms with E-state index in [0.717, 1.165) is 5.56 Å². The van der Waals surface area contributed by atoms with Crippen LogP contribution in [0.5, 0.6) is 0 Å². The van der Waals surface area contributed by atoms with E-state index in [1.807, 2.05) is 40.6 Å². The predicted octanol–water partition coefficient (Wildman–Crippen LogP) is 0.961. The Kier molecular flexibility index (Phi) is 4.59. The van der Waals surface area contributed by atoms with E-state index in [-0.39, 0.29) is 5.91 Å². The molecule has 0 saturated carbocycles. The molecule has 0 unspecified atom stereocenters. The highest BCUT2D eigenvalue weighted by molar-refractivity contribution is 7.08. The Morgan fingerprint density at radius 1 is 1.57 bits per heavy atom. The first kappa shape index (κ1) is 16.3. The Hall–Kier alpha value is -1.60. The summed E-state index contributed by atoms with van der Waals surface area (Å²) in [6.45, 7) is 4.11. The zero-order valence-electron chi connectivity index (χ0n) is 13.6. The molecule has 1 aromatic heterocycles. The first-order chi connectivity index (χ1) is 11.0. The minimum absolute atomic E-state index is 0.0850. The summed E-state index contributed by atoms with van der Waals surface area (Å²) < 4.78 is 6.00. The van der Waals surface area contributed by atoms with Crippen molar-refractivity contribution in [1.29, 1.82) is 0 Å². The summed E-state index contributed by atoms with van der Waals surface area (Å²) in [5, 5.41) is 14.5. The molecule has 0 aliphatic carbocycles. The molecule has 0 bridgehead atoms. The third-order valence-corrected chi connectivity index (χ3v) is 5.18. The van der Waals surface area contributed by atoms with E-state index in [2.05, 4.69) is 4.99 Å². The minimum Gasteiger partial charge on any atom is -0.452 e. The van der Waals surface area contributed by atoms with E-state index >= 15 is 0 Å². The van der Waals surface area contributed by atoms with Crippen LogP contribution in [0.15, 0.2) is 21.8 Å². The van der Waals surface area contributed by atoms with Crippen LogP contribution in [0.25, 0.3) is 0 Å². The zero-order valence-corrected chi connectivity index (χ0v) is 14.4. The van der Waals surface area contributed by atoms with Gasteiger partial charge in [0.1, 0.15) is 0 Å². The first-order valence-electron chi connectivity index (χ1n) is 7.95. The quantitative estimate of drug-likeness (QED) is 0.892. The molecule has 1 spiro atoms. The van der Waals surface area contributed by atoms with Gasteiger partial charge >= 0.3 is 0 Å². The number of ether oxygens (including phenoxy) is 1. The fourth-order valence-electron chi connectivity index (χ4n) is 3.25. The van der Waals surface area contributed by atoms with Crippen molar-refractivity contribution in [3.8, 4) is 0 Å². The molecule has 2 aliphatic rings. The van der Waals surface area contributed by atoms with Gasteiger partial charge in [0.2, 0.25) is 5.91 Å². The standard InChI is InChI=1S/C16H23N3O3S/c1-3-17-15-18(2)10-16(22-15)11-19(6-4-13(16)20)14(21)8-12-5-7-23-9-12/h5,7,9,13,20H,3-4,6,8,10-11H2,1-2H3/t13-,16-/m0/s1. The molecule has 0 radical (unpaired) electrons. The van der Waals surface area contributed by atoms with Crippen molar-refractivity contribution in [1.82, 2.24) is 9.80 Å². The van der Waals surface area contributed by atoms with Gasteiger partial charge in [0.25, 0.3) is 6.02 Å². The monoisotopic (exact) mass is 337 g/mol. The van der Waals surface area contributed by atoms with Gasteiger partial charge in [-0.05, 0) is 35.7 Å². The summed E-state index contributed by atoms with van der Waals surface area (Å²) in [6.07, 6.45) is 0.351. The van der Waals surface area contributed by atoms with Gasteiger partial charge in [0.05, 0.1) is 25.6 Å². The number of aliphatic hydroxyl groups is 1. The second-order valence-corrected chi connectivity index (χ2v) is 6.99. The van der Waals surface area contributed by atoms with E-state index < -0.39 is 11.7 Å². The van der Waals surface area contributed by atoms with Crippen molar-refractivity contribution in [2.45, 2.75) is 31.5 Å². The molecule has 3 rings (SSSR count). The summed E-state index contributed by atoms with van der Waals surface area (Å²) >= 11 is 1.60. The zero-order chi connectivity index (χ0) is 16.4. The highest BCUT2D eigenvalue weighted by Crippen LogP contribution is 2.32. The Morgan fingerprint density at radius 2 is 2.39 bits per heavy atom. The van der Waals surface area contributed by atoms with Gasteiger partial charge in [-0.1, -0.05) is 0 Å². The van der Waals surface area contributed by atoms with Crippen molar-refractivity contribution in [3.63, 3.8) is 0 Å². The molecule has 23 heavy (non-hydrogen) atoms. The SMILES string of the molecule is CCN=C1O[C@@]2(CN1C)CN(C(=O)Cc1ccsc1)CC[C@@H]2O. The maximum Gasteiger partial charge on any atom is 0.287 e. The number of carbonyl (C=O) groups excluding carboxylic acids is 1. The summed E-state index contributed by atoms with van der Waals surface area (Å²) in [6, 6.07) is 2.53. The molecular formula is C16H23N3O3S. The molecule has 6 nitrogen and oxygen atoms in total. The van der Waals surface area contributed by atoms with Crippen molar-refractivity contribution < 1.29 is 14.6 Å². The van der Waals surface area contributed by atoms with Crippen molar-refractivity contribution in [2.24, 2.45) is 4.99 Å². The lowest BCUT2D eigenvalue weighted by Crippen LogP contribution is -2.60. The fourth-order valence-corrected chi connectivity index (χ4v) is 3.91. The van der Waals surface area contributed by atoms with Gasteiger partial charge in [-0.3, -0.25) is 4.79 Å². The third-order valence-electron chi connectivity index (χ3n) is 4.45. The molecule has 126 valence electrons. The first-order valence-corrected chi connectivity index (χ1v) is 8.90. The number of aliphatic imine (C=N–C) groups is 1. The van der Waals surface area contributed by atoms with E-state index in [1.165, 1.54) is 0 Å². The average molecular weight is 337 g/mol. The normalized spacial score (nSPS) is 29.3. The van der Waals surface area contributed by atoms with Gasteiger partial charge in [-0.15, -0.1) is 0 Å². The number of amides is 1. The lowest BCUT2D eigenvalue weighted by molar-refractivity contribution is -0.144. The molecule has 1 aromatic rings. The molecule has 1 amide bonds. The molecule has 2 aliphatic heterocycles. The Bertz CT molecular complexity index is 589.